The summed E-state index contributed by atoms with van der Waals surface area (Å²) >= 11 is 0. The zero-order chi connectivity index (χ0) is 15.3. The molecule has 1 fully saturated rings. The van der Waals surface area contributed by atoms with E-state index in [-0.39, 0.29) is 29.8 Å². The van der Waals surface area contributed by atoms with Crippen LogP contribution < -0.4 is 0 Å². The molecule has 1 saturated carbocycles. The van der Waals surface area contributed by atoms with Crippen LogP contribution in [-0.2, 0) is 9.53 Å². The number of Topliss-reactive ketones (excluding diaryl/α,β-unsaturated/α-hetero) is 1. The van der Waals surface area contributed by atoms with Crippen molar-refractivity contribution in [3.05, 3.63) is 11.6 Å². The van der Waals surface area contributed by atoms with E-state index in [1.54, 1.807) is 7.11 Å². The highest BCUT2D eigenvalue weighted by atomic mass is 16.5. The maximum Gasteiger partial charge on any atom is 0.211 e. The summed E-state index contributed by atoms with van der Waals surface area (Å²) in [6.45, 7) is 8.32. The first-order valence-corrected chi connectivity index (χ1v) is 7.26. The topological polar surface area (TPSA) is 46.5 Å². The predicted octanol–water partition coefficient (Wildman–Crippen LogP) is 2.97. The van der Waals surface area contributed by atoms with Crippen molar-refractivity contribution in [3.8, 4) is 0 Å². The third-order valence-electron chi connectivity index (χ3n) is 4.06. The lowest BCUT2D eigenvalue weighted by Crippen LogP contribution is -2.48. The summed E-state index contributed by atoms with van der Waals surface area (Å²) in [5, 5.41) is 4.82. The van der Waals surface area contributed by atoms with Crippen molar-refractivity contribution in [3.63, 3.8) is 0 Å². The Morgan fingerprint density at radius 2 is 2.32 bits per heavy atom. The molecule has 3 heteroatoms. The van der Waals surface area contributed by atoms with Crippen LogP contribution in [0.4, 0.5) is 0 Å². The van der Waals surface area contributed by atoms with Crippen molar-refractivity contribution < 1.29 is 14.6 Å². The van der Waals surface area contributed by atoms with E-state index in [9.17, 15) is 4.79 Å². The molecule has 0 amide bonds. The van der Waals surface area contributed by atoms with E-state index in [0.29, 0.717) is 12.3 Å². The molecule has 0 unspecified atom stereocenters. The maximum atomic E-state index is 12.3. The Kier molecular flexibility index (Phi) is 5.59. The van der Waals surface area contributed by atoms with Crippen molar-refractivity contribution in [2.45, 2.75) is 59.2 Å². The quantitative estimate of drug-likeness (QED) is 0.755. The maximum absolute atomic E-state index is 12.3. The summed E-state index contributed by atoms with van der Waals surface area (Å²) in [4.78, 5) is 12.3. The van der Waals surface area contributed by atoms with Gasteiger partial charge in [0.1, 0.15) is 5.78 Å². The zero-order valence-corrected chi connectivity index (χ0v) is 12.8. The van der Waals surface area contributed by atoms with Crippen molar-refractivity contribution >= 4 is 5.78 Å². The fourth-order valence-corrected chi connectivity index (χ4v) is 2.81. The molecule has 0 spiro atoms. The molecule has 4 atom stereocenters. The molecule has 0 aliphatic heterocycles. The number of methoxy groups -OCH3 is 1. The van der Waals surface area contributed by atoms with E-state index in [2.05, 4.69) is 19.9 Å². The minimum atomic E-state index is -0.348. The molecule has 3 nitrogen and oxygen atoms in total. The number of hydrogen-bond acceptors (Lipinski definition) is 3. The van der Waals surface area contributed by atoms with Gasteiger partial charge in [-0.3, -0.25) is 4.79 Å². The number of carbonyl (C=O) groups is 1. The van der Waals surface area contributed by atoms with Crippen LogP contribution in [0.2, 0.25) is 0 Å². The average molecular weight is 270 g/mol. The molecule has 0 aromatic carbocycles. The van der Waals surface area contributed by atoms with Crippen molar-refractivity contribution in [2.75, 3.05) is 7.11 Å². The Balaban J connectivity index is 2.85. The summed E-state index contributed by atoms with van der Waals surface area (Å²) < 4.78 is 12.7. The Morgan fingerprint density at radius 3 is 2.84 bits per heavy atom. The lowest BCUT2D eigenvalue weighted by atomic mass is 9.74. The summed E-state index contributed by atoms with van der Waals surface area (Å²) in [7, 11) is 1.59. The van der Waals surface area contributed by atoms with Crippen molar-refractivity contribution in [1.29, 1.82) is 1.43 Å². The monoisotopic (exact) mass is 270 g/mol. The van der Waals surface area contributed by atoms with Gasteiger partial charge in [0.05, 0.1) is 18.1 Å². The van der Waals surface area contributed by atoms with Gasteiger partial charge in [0.15, 0.2) is 0 Å². The number of ether oxygens (including phenoxy) is 1. The molecular weight excluding hydrogens is 240 g/mol. The van der Waals surface area contributed by atoms with Crippen LogP contribution in [0.1, 0.15) is 47.0 Å². The van der Waals surface area contributed by atoms with E-state index >= 15 is 0 Å². The van der Waals surface area contributed by atoms with Gasteiger partial charge in [-0.05, 0) is 31.6 Å². The molecule has 1 N–H and O–H groups in total. The van der Waals surface area contributed by atoms with Gasteiger partial charge < -0.3 is 9.85 Å². The highest BCUT2D eigenvalue weighted by Gasteiger charge is 2.42. The van der Waals surface area contributed by atoms with E-state index in [1.807, 2.05) is 13.8 Å². The number of aliphatic hydroxyl groups excluding tert-OH is 1. The molecule has 0 aromatic heterocycles. The minimum Gasteiger partial charge on any atom is -0.390 e. The van der Waals surface area contributed by atoms with Crippen molar-refractivity contribution in [2.24, 2.45) is 17.8 Å². The van der Waals surface area contributed by atoms with Gasteiger partial charge in [-0.15, -0.1) is 0 Å². The summed E-state index contributed by atoms with van der Waals surface area (Å²) in [6, 6.07) is 0. The molecule has 1 aliphatic rings. The van der Waals surface area contributed by atoms with Crippen molar-refractivity contribution in [1.82, 2.24) is 0 Å². The molecule has 0 radical (unpaired) electrons. The predicted molar refractivity (Wildman–Crippen MR) is 76.9 cm³/mol. The van der Waals surface area contributed by atoms with Gasteiger partial charge in [0, 0.05) is 13.5 Å². The lowest BCUT2D eigenvalue weighted by Gasteiger charge is -2.37. The Hall–Kier alpha value is -0.670. The molecule has 1 aliphatic carbocycles. The van der Waals surface area contributed by atoms with E-state index < -0.39 is 0 Å². The van der Waals surface area contributed by atoms with Gasteiger partial charge in [-0.25, -0.2) is 0 Å². The largest absolute Gasteiger partial charge is 0.390 e. The Morgan fingerprint density at radius 1 is 1.63 bits per heavy atom. The summed E-state index contributed by atoms with van der Waals surface area (Å²) in [6.07, 6.45) is 4.01. The fourth-order valence-electron chi connectivity index (χ4n) is 2.81. The molecule has 1 rings (SSSR count). The van der Waals surface area contributed by atoms with Crippen LogP contribution in [0, 0.1) is 17.8 Å². The number of rotatable bonds is 6. The molecule has 19 heavy (non-hydrogen) atoms. The van der Waals surface area contributed by atoms with Crippen LogP contribution in [0.3, 0.4) is 0 Å². The second-order valence-corrected chi connectivity index (χ2v) is 6.21. The molecule has 0 aromatic rings. The van der Waals surface area contributed by atoms with Crippen LogP contribution in [0.5, 0.6) is 0 Å². The second kappa shape index (κ2) is 7.20. The number of aliphatic hydroxyl groups is 1. The van der Waals surface area contributed by atoms with Gasteiger partial charge in [-0.1, -0.05) is 32.4 Å². The molecule has 110 valence electrons. The summed E-state index contributed by atoms with van der Waals surface area (Å²) in [5.74, 6) is 0.628. The molecular formula is C16H28O3. The highest BCUT2D eigenvalue weighted by molar-refractivity contribution is 5.85. The van der Waals surface area contributed by atoms with Crippen LogP contribution in [0.25, 0.3) is 0 Å². The Bertz CT molecular complexity index is 352. The lowest BCUT2D eigenvalue weighted by molar-refractivity contribution is -0.142. The van der Waals surface area contributed by atoms with Gasteiger partial charge in [0.25, 0.3) is 0 Å². The fraction of sp³-hybridized carbons (Fsp3) is 0.812. The minimum absolute atomic E-state index is 0.0321. The van der Waals surface area contributed by atoms with E-state index in [1.165, 1.54) is 0 Å². The van der Waals surface area contributed by atoms with Gasteiger partial charge in [0.2, 0.25) is 1.43 Å². The number of hydrogen-bond donors (Lipinski definition) is 1. The van der Waals surface area contributed by atoms with Gasteiger partial charge in [-0.2, -0.15) is 0 Å². The SMILES string of the molecule is [3H]O[C@H]1[C@@H](OC)[C@H](/C(C)=C/CCC(C)C)C(=O)C[C@H]1C. The second-order valence-electron chi connectivity index (χ2n) is 6.21. The Labute approximate surface area is 118 Å². The van der Waals surface area contributed by atoms with E-state index in [0.717, 1.165) is 18.4 Å². The first kappa shape index (κ1) is 14.7. The first-order valence-electron chi connectivity index (χ1n) is 7.67. The van der Waals surface area contributed by atoms with E-state index in [4.69, 9.17) is 11.3 Å². The number of ketones is 1. The third-order valence-corrected chi connectivity index (χ3v) is 4.06. The molecule has 0 bridgehead atoms. The molecule has 0 saturated heterocycles. The third kappa shape index (κ3) is 4.15. The van der Waals surface area contributed by atoms with Crippen LogP contribution in [-0.4, -0.2) is 31.6 Å². The van der Waals surface area contributed by atoms with Crippen LogP contribution >= 0.6 is 0 Å². The number of allylic oxidation sites excluding steroid dienone is 1. The van der Waals surface area contributed by atoms with Crippen LogP contribution in [0.15, 0.2) is 11.6 Å². The standard InChI is InChI=1S/C16H28O3/c1-10(2)7-6-8-11(3)14-13(17)9-12(4)15(18)16(14)19-5/h8,10,12,14-16,18H,6-7,9H2,1-5H3/b11-8+/t12-,14-,15-,16+/m1/s1/i18T. The van der Waals surface area contributed by atoms with Gasteiger partial charge >= 0.3 is 0 Å². The normalized spacial score (nSPS) is 33.7. The molecule has 0 heterocycles. The first-order chi connectivity index (χ1) is 9.42. The number of carbonyl (C=O) groups excluding carboxylic acids is 1. The zero-order valence-electron chi connectivity index (χ0n) is 13.8. The summed E-state index contributed by atoms with van der Waals surface area (Å²) in [5.41, 5.74) is 1.05. The average Bonchev–Trinajstić information content (AvgIpc) is 2.36. The highest BCUT2D eigenvalue weighted by Crippen LogP contribution is 2.33. The smallest absolute Gasteiger partial charge is 0.211 e.